The maximum Gasteiger partial charge on any atom is 0.418 e. The van der Waals surface area contributed by atoms with Gasteiger partial charge in [0.25, 0.3) is 0 Å². The molecular weight excluding hydrogens is 416 g/mol. The van der Waals surface area contributed by atoms with Crippen molar-refractivity contribution in [2.75, 3.05) is 0 Å². The molecule has 0 spiro atoms. The van der Waals surface area contributed by atoms with Gasteiger partial charge in [0.2, 0.25) is 0 Å². The Hall–Kier alpha value is -0.843. The summed E-state index contributed by atoms with van der Waals surface area (Å²) < 4.78 is 54.3. The molecule has 1 nitrogen and oxygen atoms in total. The number of hydrogen-bond donors (Lipinski definition) is 1. The van der Waals surface area contributed by atoms with E-state index in [0.717, 1.165) is 0 Å². The van der Waals surface area contributed by atoms with Gasteiger partial charge in [0.15, 0.2) is 5.60 Å². The zero-order valence-electron chi connectivity index (χ0n) is 15.0. The van der Waals surface area contributed by atoms with E-state index in [1.54, 1.807) is 13.8 Å². The molecule has 1 N–H and O–H groups in total. The van der Waals surface area contributed by atoms with Crippen molar-refractivity contribution in [3.63, 3.8) is 0 Å². The van der Waals surface area contributed by atoms with Gasteiger partial charge in [0, 0.05) is 10.9 Å². The van der Waals surface area contributed by atoms with Crippen LogP contribution < -0.4 is 0 Å². The van der Waals surface area contributed by atoms with Crippen LogP contribution in [0.3, 0.4) is 0 Å². The van der Waals surface area contributed by atoms with Crippen LogP contribution in [0.5, 0.6) is 0 Å². The van der Waals surface area contributed by atoms with Gasteiger partial charge in [-0.1, -0.05) is 55.5 Å². The fourth-order valence-corrected chi connectivity index (χ4v) is 4.09. The van der Waals surface area contributed by atoms with E-state index in [4.69, 9.17) is 0 Å². The Balaban J connectivity index is 3.22. The maximum atomic E-state index is 13.6. The lowest BCUT2D eigenvalue weighted by atomic mass is 9.74. The van der Waals surface area contributed by atoms with Crippen LogP contribution in [0.25, 0.3) is 0 Å². The molecule has 140 valence electrons. The van der Waals surface area contributed by atoms with Crippen LogP contribution in [-0.2, 0) is 5.41 Å². The van der Waals surface area contributed by atoms with Crippen LogP contribution in [0.1, 0.15) is 32.3 Å². The summed E-state index contributed by atoms with van der Waals surface area (Å²) in [7, 11) is -1.84. The van der Waals surface area contributed by atoms with Gasteiger partial charge in [-0.15, -0.1) is 11.5 Å². The molecule has 1 aromatic carbocycles. The molecule has 0 amide bonds. The second kappa shape index (κ2) is 7.41. The van der Waals surface area contributed by atoms with Crippen molar-refractivity contribution in [3.05, 3.63) is 34.1 Å². The molecule has 0 saturated heterocycles. The van der Waals surface area contributed by atoms with Crippen LogP contribution in [0.15, 0.2) is 22.7 Å². The molecule has 0 radical (unpaired) electrons. The standard InChI is InChI=1S/C18H23BrF4OSi/c1-16(2,14-8-7-13(20)11-15(14)19)12-17(24,18(21,22)23)9-6-10-25(3,4)5/h7-8,11,24H,9,12H2,1-5H3/t17-/m1/s1. The van der Waals surface area contributed by atoms with Gasteiger partial charge in [-0.3, -0.25) is 0 Å². The van der Waals surface area contributed by atoms with Crippen molar-refractivity contribution in [1.82, 2.24) is 0 Å². The summed E-state index contributed by atoms with van der Waals surface area (Å²) in [5.41, 5.74) is -0.618. The third-order valence-electron chi connectivity index (χ3n) is 3.77. The van der Waals surface area contributed by atoms with Gasteiger partial charge in [0.1, 0.15) is 13.9 Å². The van der Waals surface area contributed by atoms with E-state index >= 15 is 0 Å². The molecule has 0 aliphatic carbocycles. The topological polar surface area (TPSA) is 20.2 Å². The molecule has 1 aromatic rings. The van der Waals surface area contributed by atoms with Gasteiger partial charge in [-0.25, -0.2) is 4.39 Å². The van der Waals surface area contributed by atoms with Crippen molar-refractivity contribution in [1.29, 1.82) is 0 Å². The van der Waals surface area contributed by atoms with E-state index in [9.17, 15) is 22.7 Å². The summed E-state index contributed by atoms with van der Waals surface area (Å²) in [6, 6.07) is 3.83. The van der Waals surface area contributed by atoms with E-state index in [1.807, 2.05) is 19.6 Å². The maximum absolute atomic E-state index is 13.6. The van der Waals surface area contributed by atoms with Crippen molar-refractivity contribution < 1.29 is 22.7 Å². The Bertz CT molecular complexity index is 683. The first kappa shape index (κ1) is 22.2. The summed E-state index contributed by atoms with van der Waals surface area (Å²) in [4.78, 5) is 0. The Morgan fingerprint density at radius 1 is 1.16 bits per heavy atom. The molecule has 1 atom stereocenters. The third-order valence-corrected chi connectivity index (χ3v) is 5.35. The summed E-state index contributed by atoms with van der Waals surface area (Å²) in [5.74, 6) is 2.05. The van der Waals surface area contributed by atoms with E-state index in [2.05, 4.69) is 27.4 Å². The molecular formula is C18H23BrF4OSi. The van der Waals surface area contributed by atoms with Crippen molar-refractivity contribution >= 4 is 24.0 Å². The SMILES string of the molecule is CC(C)(C[C@](O)(CC#C[Si](C)(C)C)C(F)(F)F)c1ccc(F)cc1Br. The molecule has 0 heterocycles. The smallest absolute Gasteiger partial charge is 0.380 e. The molecule has 0 unspecified atom stereocenters. The summed E-state index contributed by atoms with van der Waals surface area (Å²) in [6.07, 6.45) is -6.07. The normalized spacial score (nSPS) is 15.3. The first-order chi connectivity index (χ1) is 11.1. The van der Waals surface area contributed by atoms with Crippen LogP contribution in [0.2, 0.25) is 19.6 Å². The molecule has 0 aromatic heterocycles. The second-order valence-corrected chi connectivity index (χ2v) is 13.5. The number of rotatable bonds is 4. The first-order valence-corrected chi connectivity index (χ1v) is 12.1. The van der Waals surface area contributed by atoms with Crippen LogP contribution in [0.4, 0.5) is 17.6 Å². The summed E-state index contributed by atoms with van der Waals surface area (Å²) in [6.45, 7) is 8.95. The zero-order chi connectivity index (χ0) is 19.7. The monoisotopic (exact) mass is 438 g/mol. The lowest BCUT2D eigenvalue weighted by Gasteiger charge is -2.37. The molecule has 0 aliphatic rings. The summed E-state index contributed by atoms with van der Waals surface area (Å²) >= 11 is 3.19. The van der Waals surface area contributed by atoms with Crippen LogP contribution in [-0.4, -0.2) is 25.0 Å². The Kier molecular flexibility index (Phi) is 6.58. The highest BCUT2D eigenvalue weighted by molar-refractivity contribution is 9.10. The number of alkyl halides is 3. The minimum absolute atomic E-state index is 0.371. The molecule has 0 saturated carbocycles. The van der Waals surface area contributed by atoms with Gasteiger partial charge in [-0.05, 0) is 29.5 Å². The molecule has 0 aliphatic heterocycles. The molecule has 0 fully saturated rings. The highest BCUT2D eigenvalue weighted by Gasteiger charge is 2.55. The number of benzene rings is 1. The van der Waals surface area contributed by atoms with E-state index in [0.29, 0.717) is 10.0 Å². The summed E-state index contributed by atoms with van der Waals surface area (Å²) in [5, 5.41) is 10.4. The highest BCUT2D eigenvalue weighted by atomic mass is 79.9. The zero-order valence-corrected chi connectivity index (χ0v) is 17.6. The Morgan fingerprint density at radius 2 is 1.72 bits per heavy atom. The van der Waals surface area contributed by atoms with E-state index < -0.39 is 43.9 Å². The van der Waals surface area contributed by atoms with Gasteiger partial charge >= 0.3 is 6.18 Å². The number of hydrogen-bond acceptors (Lipinski definition) is 1. The molecule has 0 bridgehead atoms. The lowest BCUT2D eigenvalue weighted by molar-refractivity contribution is -0.264. The Morgan fingerprint density at radius 3 is 2.16 bits per heavy atom. The minimum atomic E-state index is -4.81. The molecule has 1 rings (SSSR count). The van der Waals surface area contributed by atoms with Crippen molar-refractivity contribution in [2.45, 2.75) is 63.5 Å². The average molecular weight is 439 g/mol. The molecule has 25 heavy (non-hydrogen) atoms. The average Bonchev–Trinajstić information content (AvgIpc) is 2.34. The predicted molar refractivity (Wildman–Crippen MR) is 98.5 cm³/mol. The van der Waals surface area contributed by atoms with Gasteiger partial charge < -0.3 is 5.11 Å². The molecule has 7 heteroatoms. The van der Waals surface area contributed by atoms with Crippen molar-refractivity contribution in [3.8, 4) is 11.5 Å². The fraction of sp³-hybridized carbons (Fsp3) is 0.556. The highest BCUT2D eigenvalue weighted by Crippen LogP contribution is 2.44. The second-order valence-electron chi connectivity index (χ2n) is 7.94. The third kappa shape index (κ3) is 6.12. The quantitative estimate of drug-likeness (QED) is 0.356. The minimum Gasteiger partial charge on any atom is -0.380 e. The number of aliphatic hydroxyl groups is 1. The van der Waals surface area contributed by atoms with E-state index in [1.165, 1.54) is 18.2 Å². The predicted octanol–water partition coefficient (Wildman–Crippen LogP) is 5.82. The van der Waals surface area contributed by atoms with E-state index in [-0.39, 0.29) is 0 Å². The lowest BCUT2D eigenvalue weighted by Crippen LogP contribution is -2.49. The fourth-order valence-electron chi connectivity index (χ4n) is 2.58. The van der Waals surface area contributed by atoms with Gasteiger partial charge in [0.05, 0.1) is 0 Å². The Labute approximate surface area is 156 Å². The van der Waals surface area contributed by atoms with Crippen LogP contribution >= 0.6 is 15.9 Å². The number of halogens is 5. The largest absolute Gasteiger partial charge is 0.418 e. The van der Waals surface area contributed by atoms with Crippen molar-refractivity contribution in [2.24, 2.45) is 0 Å². The first-order valence-electron chi connectivity index (χ1n) is 7.82. The van der Waals surface area contributed by atoms with Gasteiger partial charge in [-0.2, -0.15) is 13.2 Å². The van der Waals surface area contributed by atoms with Crippen LogP contribution in [0, 0.1) is 17.3 Å².